The summed E-state index contributed by atoms with van der Waals surface area (Å²) in [4.78, 5) is 6.72. The van der Waals surface area contributed by atoms with Crippen LogP contribution in [0.2, 0.25) is 0 Å². The van der Waals surface area contributed by atoms with Crippen molar-refractivity contribution in [2.45, 2.75) is 70.3 Å². The number of nitrogens with zero attached hydrogens (tertiary/aromatic N) is 5. The summed E-state index contributed by atoms with van der Waals surface area (Å²) in [5.74, 6) is 0.730. The Labute approximate surface area is 164 Å². The third-order valence-corrected chi connectivity index (χ3v) is 7.31. The third kappa shape index (κ3) is 5.50. The molecule has 0 aromatic heterocycles. The molecule has 0 bridgehead atoms. The lowest BCUT2D eigenvalue weighted by Gasteiger charge is -2.44. The molecule has 27 heavy (non-hydrogen) atoms. The van der Waals surface area contributed by atoms with E-state index < -0.39 is 0 Å². The first-order chi connectivity index (χ1) is 13.3. The summed E-state index contributed by atoms with van der Waals surface area (Å²) < 4.78 is 6.22. The number of likely N-dealkylation sites (tertiary alicyclic amines) is 1. The van der Waals surface area contributed by atoms with Crippen LogP contribution in [0.15, 0.2) is 15.3 Å². The molecule has 2 saturated carbocycles. The van der Waals surface area contributed by atoms with Gasteiger partial charge < -0.3 is 9.64 Å². The van der Waals surface area contributed by atoms with Crippen molar-refractivity contribution in [2.75, 3.05) is 45.9 Å². The predicted molar refractivity (Wildman–Crippen MR) is 108 cm³/mol. The molecule has 0 amide bonds. The third-order valence-electron chi connectivity index (χ3n) is 7.31. The van der Waals surface area contributed by atoms with Crippen LogP contribution in [0, 0.1) is 11.3 Å². The maximum Gasteiger partial charge on any atom is 0.108 e. The highest BCUT2D eigenvalue weighted by atomic mass is 16.5. The molecule has 0 unspecified atom stereocenters. The number of ether oxygens (including phenoxy) is 1. The van der Waals surface area contributed by atoms with Crippen LogP contribution < -0.4 is 0 Å². The topological polar surface area (TPSA) is 52.8 Å². The van der Waals surface area contributed by atoms with E-state index in [0.717, 1.165) is 38.7 Å². The van der Waals surface area contributed by atoms with Crippen molar-refractivity contribution in [1.82, 2.24) is 9.91 Å². The predicted octanol–water partition coefficient (Wildman–Crippen LogP) is 3.93. The average Bonchev–Trinajstić information content (AvgIpc) is 3.40. The second kappa shape index (κ2) is 9.46. The van der Waals surface area contributed by atoms with Gasteiger partial charge in [-0.15, -0.1) is 0 Å². The quantitative estimate of drug-likeness (QED) is 0.634. The van der Waals surface area contributed by atoms with Crippen molar-refractivity contribution in [3.63, 3.8) is 0 Å². The summed E-state index contributed by atoms with van der Waals surface area (Å²) in [5.41, 5.74) is 0.615. The molecule has 2 aliphatic carbocycles. The molecular weight excluding hydrogens is 338 g/mol. The van der Waals surface area contributed by atoms with Gasteiger partial charge in [0, 0.05) is 6.54 Å². The normalized spacial score (nSPS) is 35.0. The van der Waals surface area contributed by atoms with Gasteiger partial charge in [-0.2, -0.15) is 5.11 Å². The van der Waals surface area contributed by atoms with Crippen LogP contribution >= 0.6 is 0 Å². The molecule has 0 N–H and O–H groups in total. The fourth-order valence-corrected chi connectivity index (χ4v) is 5.37. The van der Waals surface area contributed by atoms with Crippen molar-refractivity contribution in [2.24, 2.45) is 26.7 Å². The molecule has 1 saturated heterocycles. The molecule has 3 fully saturated rings. The Morgan fingerprint density at radius 1 is 1.00 bits per heavy atom. The highest BCUT2D eigenvalue weighted by Crippen LogP contribution is 2.49. The van der Waals surface area contributed by atoms with Gasteiger partial charge >= 0.3 is 0 Å². The van der Waals surface area contributed by atoms with Gasteiger partial charge in [-0.3, -0.25) is 4.99 Å². The van der Waals surface area contributed by atoms with Crippen LogP contribution in [-0.4, -0.2) is 68.2 Å². The van der Waals surface area contributed by atoms with Gasteiger partial charge in [0.05, 0.1) is 32.3 Å². The molecule has 0 atom stereocenters. The maximum absolute atomic E-state index is 6.22. The molecule has 0 radical (unpaired) electrons. The first-order valence-corrected chi connectivity index (χ1v) is 11.3. The Hall–Kier alpha value is -1.01. The molecule has 1 spiro atoms. The van der Waals surface area contributed by atoms with Crippen LogP contribution in [0.1, 0.15) is 64.2 Å². The number of aliphatic imine (C=N–C) groups is 1. The Morgan fingerprint density at radius 3 is 2.44 bits per heavy atom. The SMILES string of the molecule is C1=NCCN1N=NCC1CCC2(CC1)CCC(OCCN1CCCC1)CC2. The highest BCUT2D eigenvalue weighted by Gasteiger charge is 2.38. The summed E-state index contributed by atoms with van der Waals surface area (Å²) in [5, 5.41) is 10.6. The van der Waals surface area contributed by atoms with Gasteiger partial charge in [0.15, 0.2) is 0 Å². The van der Waals surface area contributed by atoms with Gasteiger partial charge in [0.2, 0.25) is 0 Å². The van der Waals surface area contributed by atoms with Crippen molar-refractivity contribution < 1.29 is 4.74 Å². The first kappa shape index (κ1) is 19.3. The smallest absolute Gasteiger partial charge is 0.108 e. The standard InChI is InChI=1S/C21H37N5O/c1-2-13-25(12-1)15-16-27-20-5-9-21(10-6-20)7-3-19(4-8-21)17-23-24-26-14-11-22-18-26/h18-20H,1-17H2. The summed E-state index contributed by atoms with van der Waals surface area (Å²) >= 11 is 0. The number of rotatable bonds is 7. The molecule has 2 aliphatic heterocycles. The molecule has 0 aromatic rings. The van der Waals surface area contributed by atoms with Gasteiger partial charge in [-0.1, -0.05) is 5.22 Å². The molecule has 0 aromatic carbocycles. The van der Waals surface area contributed by atoms with Crippen LogP contribution in [0.3, 0.4) is 0 Å². The number of hydrogen-bond donors (Lipinski definition) is 0. The Balaban J connectivity index is 1.11. The lowest BCUT2D eigenvalue weighted by atomic mass is 9.63. The summed E-state index contributed by atoms with van der Waals surface area (Å²) in [7, 11) is 0. The molecule has 6 nitrogen and oxygen atoms in total. The Morgan fingerprint density at radius 2 is 1.74 bits per heavy atom. The fraction of sp³-hybridized carbons (Fsp3) is 0.952. The van der Waals surface area contributed by atoms with Crippen molar-refractivity contribution in [1.29, 1.82) is 0 Å². The van der Waals surface area contributed by atoms with E-state index >= 15 is 0 Å². The number of hydrogen-bond acceptors (Lipinski definition) is 5. The molecule has 6 heteroatoms. The van der Waals surface area contributed by atoms with E-state index in [2.05, 4.69) is 20.2 Å². The van der Waals surface area contributed by atoms with Gasteiger partial charge in [-0.05, 0) is 88.6 Å². The van der Waals surface area contributed by atoms with Crippen LogP contribution in [0.4, 0.5) is 0 Å². The Bertz CT molecular complexity index is 499. The van der Waals surface area contributed by atoms with Gasteiger partial charge in [0.1, 0.15) is 6.34 Å². The first-order valence-electron chi connectivity index (χ1n) is 11.3. The van der Waals surface area contributed by atoms with Gasteiger partial charge in [0.25, 0.3) is 0 Å². The van der Waals surface area contributed by atoms with E-state index in [1.165, 1.54) is 77.3 Å². The minimum Gasteiger partial charge on any atom is -0.377 e. The zero-order valence-electron chi connectivity index (χ0n) is 16.9. The molecule has 4 aliphatic rings. The highest BCUT2D eigenvalue weighted by molar-refractivity contribution is 5.56. The Kier molecular flexibility index (Phi) is 6.77. The maximum atomic E-state index is 6.22. The summed E-state index contributed by atoms with van der Waals surface area (Å²) in [6.07, 6.45) is 15.8. The summed E-state index contributed by atoms with van der Waals surface area (Å²) in [6.45, 7) is 7.27. The van der Waals surface area contributed by atoms with E-state index in [1.807, 2.05) is 5.01 Å². The van der Waals surface area contributed by atoms with E-state index in [1.54, 1.807) is 6.34 Å². The minimum atomic E-state index is 0.520. The van der Waals surface area contributed by atoms with Crippen molar-refractivity contribution >= 4 is 6.34 Å². The second-order valence-corrected chi connectivity index (χ2v) is 9.16. The molecule has 152 valence electrons. The van der Waals surface area contributed by atoms with Crippen LogP contribution in [0.5, 0.6) is 0 Å². The van der Waals surface area contributed by atoms with E-state index in [0.29, 0.717) is 11.5 Å². The van der Waals surface area contributed by atoms with Crippen molar-refractivity contribution in [3.05, 3.63) is 0 Å². The molecule has 2 heterocycles. The van der Waals surface area contributed by atoms with E-state index in [4.69, 9.17) is 4.74 Å². The lowest BCUT2D eigenvalue weighted by Crippen LogP contribution is -2.35. The van der Waals surface area contributed by atoms with Crippen LogP contribution in [0.25, 0.3) is 0 Å². The average molecular weight is 376 g/mol. The molecular formula is C21H37N5O. The second-order valence-electron chi connectivity index (χ2n) is 9.16. The van der Waals surface area contributed by atoms with E-state index in [-0.39, 0.29) is 0 Å². The van der Waals surface area contributed by atoms with E-state index in [9.17, 15) is 0 Å². The lowest BCUT2D eigenvalue weighted by molar-refractivity contribution is -0.0230. The molecule has 4 rings (SSSR count). The van der Waals surface area contributed by atoms with Gasteiger partial charge in [-0.25, -0.2) is 5.01 Å². The minimum absolute atomic E-state index is 0.520. The largest absolute Gasteiger partial charge is 0.377 e. The van der Waals surface area contributed by atoms with Crippen LogP contribution in [-0.2, 0) is 4.74 Å². The summed E-state index contributed by atoms with van der Waals surface area (Å²) in [6, 6.07) is 0. The fourth-order valence-electron chi connectivity index (χ4n) is 5.37. The van der Waals surface area contributed by atoms with Crippen molar-refractivity contribution in [3.8, 4) is 0 Å². The zero-order valence-corrected chi connectivity index (χ0v) is 16.9. The monoisotopic (exact) mass is 375 g/mol. The zero-order chi connectivity index (χ0) is 18.4.